The Labute approximate surface area is 74.4 Å². The number of aromatic amines is 1. The van der Waals surface area contributed by atoms with Gasteiger partial charge in [0.25, 0.3) is 0 Å². The summed E-state index contributed by atoms with van der Waals surface area (Å²) >= 11 is 3.34. The highest BCUT2D eigenvalue weighted by molar-refractivity contribution is 9.10. The summed E-state index contributed by atoms with van der Waals surface area (Å²) in [6, 6.07) is 1.97. The molecule has 0 saturated carbocycles. The van der Waals surface area contributed by atoms with Crippen LogP contribution in [0.2, 0.25) is 0 Å². The zero-order valence-electron chi connectivity index (χ0n) is 6.52. The van der Waals surface area contributed by atoms with E-state index in [4.69, 9.17) is 4.74 Å². The van der Waals surface area contributed by atoms with E-state index in [9.17, 15) is 0 Å². The molecule has 60 valence electrons. The lowest BCUT2D eigenvalue weighted by atomic mass is 10.3. The number of allylic oxidation sites excluding steroid dienone is 1. The van der Waals surface area contributed by atoms with Crippen LogP contribution in [0.3, 0.4) is 0 Å². The summed E-state index contributed by atoms with van der Waals surface area (Å²) in [5, 5.41) is 0. The standard InChI is InChI=1S/C8H10BrNO/c1-3-8(11-2)7-4-6(9)5-10-7/h3-5,10H,1-2H3. The maximum Gasteiger partial charge on any atom is 0.138 e. The minimum atomic E-state index is 0.857. The van der Waals surface area contributed by atoms with E-state index < -0.39 is 0 Å². The number of aromatic nitrogens is 1. The van der Waals surface area contributed by atoms with Crippen LogP contribution in [0.15, 0.2) is 22.8 Å². The van der Waals surface area contributed by atoms with Gasteiger partial charge < -0.3 is 9.72 Å². The predicted molar refractivity (Wildman–Crippen MR) is 49.2 cm³/mol. The summed E-state index contributed by atoms with van der Waals surface area (Å²) in [4.78, 5) is 3.07. The Bertz CT molecular complexity index is 265. The second-order valence-corrected chi connectivity index (χ2v) is 3.00. The monoisotopic (exact) mass is 215 g/mol. The van der Waals surface area contributed by atoms with Crippen LogP contribution >= 0.6 is 15.9 Å². The number of hydrogen-bond acceptors (Lipinski definition) is 1. The van der Waals surface area contributed by atoms with Crippen molar-refractivity contribution >= 4 is 21.7 Å². The first-order valence-electron chi connectivity index (χ1n) is 3.32. The van der Waals surface area contributed by atoms with Gasteiger partial charge in [-0.1, -0.05) is 0 Å². The van der Waals surface area contributed by atoms with Gasteiger partial charge in [-0.05, 0) is 35.0 Å². The number of rotatable bonds is 2. The molecule has 0 aliphatic carbocycles. The first-order chi connectivity index (χ1) is 5.27. The highest BCUT2D eigenvalue weighted by Crippen LogP contribution is 2.17. The van der Waals surface area contributed by atoms with Gasteiger partial charge in [-0.25, -0.2) is 0 Å². The zero-order chi connectivity index (χ0) is 8.27. The third kappa shape index (κ3) is 1.87. The number of halogens is 1. The predicted octanol–water partition coefficient (Wildman–Crippen LogP) is 2.78. The van der Waals surface area contributed by atoms with E-state index in [0.717, 1.165) is 15.9 Å². The van der Waals surface area contributed by atoms with Crippen LogP contribution < -0.4 is 0 Å². The van der Waals surface area contributed by atoms with Crippen LogP contribution in [-0.2, 0) is 4.74 Å². The fourth-order valence-electron chi connectivity index (χ4n) is 0.893. The summed E-state index contributed by atoms with van der Waals surface area (Å²) in [7, 11) is 1.66. The maximum absolute atomic E-state index is 5.11. The van der Waals surface area contributed by atoms with Crippen molar-refractivity contribution < 1.29 is 4.74 Å². The van der Waals surface area contributed by atoms with Gasteiger partial charge in [0.2, 0.25) is 0 Å². The Hall–Kier alpha value is -0.700. The van der Waals surface area contributed by atoms with Crippen LogP contribution in [0.1, 0.15) is 12.6 Å². The topological polar surface area (TPSA) is 25.0 Å². The van der Waals surface area contributed by atoms with Crippen LogP contribution in [-0.4, -0.2) is 12.1 Å². The Morgan fingerprint density at radius 1 is 1.73 bits per heavy atom. The Kier molecular flexibility index (Phi) is 2.76. The smallest absolute Gasteiger partial charge is 0.138 e. The average molecular weight is 216 g/mol. The largest absolute Gasteiger partial charge is 0.495 e. The first kappa shape index (κ1) is 8.40. The van der Waals surface area contributed by atoms with Crippen molar-refractivity contribution in [3.05, 3.63) is 28.5 Å². The molecule has 0 atom stereocenters. The van der Waals surface area contributed by atoms with Crippen LogP contribution in [0.4, 0.5) is 0 Å². The van der Waals surface area contributed by atoms with Gasteiger partial charge in [0.1, 0.15) is 5.76 Å². The molecule has 0 radical (unpaired) electrons. The van der Waals surface area contributed by atoms with Crippen molar-refractivity contribution in [2.75, 3.05) is 7.11 Å². The SMILES string of the molecule is CC=C(OC)c1cc(Br)c[nH]1. The third-order valence-electron chi connectivity index (χ3n) is 1.40. The van der Waals surface area contributed by atoms with Crippen molar-refractivity contribution in [3.63, 3.8) is 0 Å². The highest BCUT2D eigenvalue weighted by Gasteiger charge is 2.00. The number of ether oxygens (including phenoxy) is 1. The van der Waals surface area contributed by atoms with E-state index in [1.807, 2.05) is 25.3 Å². The number of nitrogens with one attached hydrogen (secondary N) is 1. The maximum atomic E-state index is 5.11. The third-order valence-corrected chi connectivity index (χ3v) is 1.85. The van der Waals surface area contributed by atoms with Gasteiger partial charge in [-0.15, -0.1) is 0 Å². The van der Waals surface area contributed by atoms with Gasteiger partial charge in [0.05, 0.1) is 12.8 Å². The van der Waals surface area contributed by atoms with Crippen molar-refractivity contribution in [2.45, 2.75) is 6.92 Å². The molecule has 0 fully saturated rings. The minimum Gasteiger partial charge on any atom is -0.495 e. The molecule has 1 heterocycles. The fraction of sp³-hybridized carbons (Fsp3) is 0.250. The van der Waals surface area contributed by atoms with Gasteiger partial charge in [-0.2, -0.15) is 0 Å². The van der Waals surface area contributed by atoms with Crippen LogP contribution in [0.5, 0.6) is 0 Å². The molecule has 3 heteroatoms. The molecular formula is C8H10BrNO. The first-order valence-corrected chi connectivity index (χ1v) is 4.12. The lowest BCUT2D eigenvalue weighted by Gasteiger charge is -2.00. The molecule has 1 rings (SSSR count). The molecule has 0 aliphatic heterocycles. The van der Waals surface area contributed by atoms with E-state index in [0.29, 0.717) is 0 Å². The zero-order valence-corrected chi connectivity index (χ0v) is 8.10. The molecule has 2 nitrogen and oxygen atoms in total. The number of hydrogen-bond donors (Lipinski definition) is 1. The lowest BCUT2D eigenvalue weighted by Crippen LogP contribution is -1.85. The highest BCUT2D eigenvalue weighted by atomic mass is 79.9. The molecule has 0 saturated heterocycles. The summed E-state index contributed by atoms with van der Waals surface area (Å²) < 4.78 is 6.14. The Morgan fingerprint density at radius 2 is 2.45 bits per heavy atom. The molecule has 11 heavy (non-hydrogen) atoms. The Morgan fingerprint density at radius 3 is 2.82 bits per heavy atom. The van der Waals surface area contributed by atoms with Crippen molar-refractivity contribution in [2.24, 2.45) is 0 Å². The second kappa shape index (κ2) is 3.62. The van der Waals surface area contributed by atoms with Crippen molar-refractivity contribution in [3.8, 4) is 0 Å². The van der Waals surface area contributed by atoms with Crippen molar-refractivity contribution in [1.82, 2.24) is 4.98 Å². The summed E-state index contributed by atoms with van der Waals surface area (Å²) in [5.41, 5.74) is 0.988. The summed E-state index contributed by atoms with van der Waals surface area (Å²) in [6.45, 7) is 1.94. The van der Waals surface area contributed by atoms with Crippen LogP contribution in [0.25, 0.3) is 5.76 Å². The molecule has 0 spiro atoms. The second-order valence-electron chi connectivity index (χ2n) is 2.09. The van der Waals surface area contributed by atoms with Gasteiger partial charge in [0.15, 0.2) is 0 Å². The molecule has 0 aromatic carbocycles. The minimum absolute atomic E-state index is 0.857. The molecule has 0 aliphatic rings. The molecule has 0 bridgehead atoms. The molecule has 0 unspecified atom stereocenters. The molecule has 1 N–H and O–H groups in total. The van der Waals surface area contributed by atoms with E-state index in [1.165, 1.54) is 0 Å². The van der Waals surface area contributed by atoms with Gasteiger partial charge >= 0.3 is 0 Å². The summed E-state index contributed by atoms with van der Waals surface area (Å²) in [6.07, 6.45) is 3.79. The lowest BCUT2D eigenvalue weighted by molar-refractivity contribution is 0.368. The fourth-order valence-corrected chi connectivity index (χ4v) is 1.24. The van der Waals surface area contributed by atoms with E-state index in [-0.39, 0.29) is 0 Å². The van der Waals surface area contributed by atoms with Gasteiger partial charge in [0, 0.05) is 10.7 Å². The van der Waals surface area contributed by atoms with Crippen molar-refractivity contribution in [1.29, 1.82) is 0 Å². The quantitative estimate of drug-likeness (QED) is 0.755. The molecule has 0 amide bonds. The van der Waals surface area contributed by atoms with E-state index in [2.05, 4.69) is 20.9 Å². The number of H-pyrrole nitrogens is 1. The van der Waals surface area contributed by atoms with E-state index >= 15 is 0 Å². The summed E-state index contributed by atoms with van der Waals surface area (Å²) in [5.74, 6) is 0.857. The van der Waals surface area contributed by atoms with E-state index in [1.54, 1.807) is 7.11 Å². The average Bonchev–Trinajstić information content (AvgIpc) is 2.39. The molecular weight excluding hydrogens is 206 g/mol. The number of methoxy groups -OCH3 is 1. The Balaban J connectivity index is 2.91. The molecule has 1 aromatic heterocycles. The normalized spacial score (nSPS) is 11.7. The molecule has 1 aromatic rings. The van der Waals surface area contributed by atoms with Crippen LogP contribution in [0, 0.1) is 0 Å². The van der Waals surface area contributed by atoms with Gasteiger partial charge in [-0.3, -0.25) is 0 Å².